The van der Waals surface area contributed by atoms with Crippen LogP contribution in [0.3, 0.4) is 0 Å². The third-order valence-electron chi connectivity index (χ3n) is 7.41. The molecule has 3 aromatic rings. The molecule has 3 aromatic heterocycles. The van der Waals surface area contributed by atoms with E-state index in [0.717, 1.165) is 32.5 Å². The second-order valence-electron chi connectivity index (χ2n) is 10.8. The molecule has 0 amide bonds. The molecule has 0 radical (unpaired) electrons. The number of nitrogens with one attached hydrogen (secondary N) is 1. The lowest BCUT2D eigenvalue weighted by Crippen LogP contribution is -2.47. The van der Waals surface area contributed by atoms with Crippen molar-refractivity contribution in [2.45, 2.75) is 89.4 Å². The van der Waals surface area contributed by atoms with Crippen LogP contribution in [0.2, 0.25) is 0 Å². The Morgan fingerprint density at radius 2 is 2.08 bits per heavy atom. The first-order valence-corrected chi connectivity index (χ1v) is 14.3. The molecule has 0 bridgehead atoms. The average molecular weight is 584 g/mol. The van der Waals surface area contributed by atoms with Crippen LogP contribution in [0.5, 0.6) is 0 Å². The molecule has 3 aliphatic rings. The molecule has 1 aliphatic carbocycles. The number of alkyl halides is 3. The minimum atomic E-state index is -4.57. The first-order valence-electron chi connectivity index (χ1n) is 13.5. The number of aliphatic hydroxyl groups excluding tert-OH is 1. The second-order valence-corrected chi connectivity index (χ2v) is 11.9. The van der Waals surface area contributed by atoms with Crippen molar-refractivity contribution in [2.24, 2.45) is 0 Å². The van der Waals surface area contributed by atoms with Gasteiger partial charge in [-0.05, 0) is 32.8 Å². The van der Waals surface area contributed by atoms with Gasteiger partial charge in [0.1, 0.15) is 16.8 Å². The zero-order valence-electron chi connectivity index (χ0n) is 22.5. The molecule has 15 heteroatoms. The third kappa shape index (κ3) is 4.91. The fourth-order valence-corrected chi connectivity index (χ4v) is 7.02. The Morgan fingerprint density at radius 1 is 1.25 bits per heavy atom. The quantitative estimate of drug-likeness (QED) is 0.406. The van der Waals surface area contributed by atoms with E-state index in [4.69, 9.17) is 24.2 Å². The highest BCUT2D eigenvalue weighted by Gasteiger charge is 2.61. The standard InChI is InChI=1S/C25H32F3N7O4S/c1-4-5-14-12-15-19(34-8-9-35-17(13-34)32-33-21(35)25(26,27)28)29-22(30-20(15)40-14)31-24-7-6-16(37-11-10-36)18(24)38-23(2,3)39-24/h12,16,18,36H,4-11,13H2,1-3H3,(H,29,30,31)/t16?,18-,24+/m1/s1. The maximum atomic E-state index is 13.4. The van der Waals surface area contributed by atoms with E-state index in [0.29, 0.717) is 31.2 Å². The summed E-state index contributed by atoms with van der Waals surface area (Å²) < 4.78 is 59.9. The number of thiophene rings is 1. The van der Waals surface area contributed by atoms with E-state index in [9.17, 15) is 18.3 Å². The molecule has 2 aliphatic heterocycles. The fourth-order valence-electron chi connectivity index (χ4n) is 5.89. The van der Waals surface area contributed by atoms with Gasteiger partial charge in [-0.25, -0.2) is 4.98 Å². The van der Waals surface area contributed by atoms with Crippen molar-refractivity contribution in [3.05, 3.63) is 22.6 Å². The second kappa shape index (κ2) is 10.0. The molecular formula is C25H32F3N7O4S. The lowest BCUT2D eigenvalue weighted by molar-refractivity contribution is -0.174. The molecule has 2 N–H and O–H groups in total. The molecule has 218 valence electrons. The number of nitrogens with zero attached hydrogens (tertiary/aromatic N) is 6. The van der Waals surface area contributed by atoms with E-state index in [1.807, 2.05) is 18.7 Å². The van der Waals surface area contributed by atoms with Gasteiger partial charge in [-0.3, -0.25) is 0 Å². The number of rotatable bonds is 8. The van der Waals surface area contributed by atoms with Crippen molar-refractivity contribution >= 4 is 33.3 Å². The Hall–Kier alpha value is -2.59. The first-order chi connectivity index (χ1) is 19.0. The van der Waals surface area contributed by atoms with Gasteiger partial charge in [-0.2, -0.15) is 18.2 Å². The van der Waals surface area contributed by atoms with E-state index in [1.165, 1.54) is 0 Å². The number of aliphatic hydroxyl groups is 1. The SMILES string of the molecule is CCCc1cc2c(N3CCn4c(nnc4C(F)(F)F)C3)nc(N[C@]34CCC(OCCO)[C@H]3OC(C)(C)O4)nc2s1. The minimum absolute atomic E-state index is 0.0818. The van der Waals surface area contributed by atoms with Gasteiger partial charge >= 0.3 is 6.18 Å². The maximum Gasteiger partial charge on any atom is 0.451 e. The highest BCUT2D eigenvalue weighted by Crippen LogP contribution is 2.48. The number of anilines is 2. The molecule has 0 aromatic carbocycles. The molecule has 1 saturated carbocycles. The van der Waals surface area contributed by atoms with Crippen LogP contribution in [0.4, 0.5) is 24.9 Å². The molecule has 5 heterocycles. The topological polar surface area (TPSA) is 120 Å². The van der Waals surface area contributed by atoms with Crippen LogP contribution in [0, 0.1) is 0 Å². The molecule has 2 fully saturated rings. The van der Waals surface area contributed by atoms with Gasteiger partial charge in [0, 0.05) is 24.4 Å². The van der Waals surface area contributed by atoms with E-state index < -0.39 is 29.6 Å². The lowest BCUT2D eigenvalue weighted by Gasteiger charge is -2.32. The summed E-state index contributed by atoms with van der Waals surface area (Å²) in [5.74, 6) is -0.675. The zero-order chi connectivity index (χ0) is 28.3. The predicted octanol–water partition coefficient (Wildman–Crippen LogP) is 3.71. The molecule has 6 rings (SSSR count). The number of hydrogen-bond donors (Lipinski definition) is 2. The van der Waals surface area contributed by atoms with Crippen LogP contribution in [-0.4, -0.2) is 73.3 Å². The third-order valence-corrected chi connectivity index (χ3v) is 8.50. The summed E-state index contributed by atoms with van der Waals surface area (Å²) in [6.07, 6.45) is -2.22. The summed E-state index contributed by atoms with van der Waals surface area (Å²) in [4.78, 5) is 13.6. The monoisotopic (exact) mass is 583 g/mol. The molecule has 3 atom stereocenters. The van der Waals surface area contributed by atoms with Crippen molar-refractivity contribution < 1.29 is 32.5 Å². The molecule has 0 spiro atoms. The average Bonchev–Trinajstić information content (AvgIpc) is 3.62. The Bertz CT molecular complexity index is 1400. The Morgan fingerprint density at radius 3 is 2.83 bits per heavy atom. The van der Waals surface area contributed by atoms with Gasteiger partial charge in [0.15, 0.2) is 17.3 Å². The Balaban J connectivity index is 1.36. The number of aromatic nitrogens is 5. The molecule has 40 heavy (non-hydrogen) atoms. The number of halogens is 3. The number of aryl methyl sites for hydroxylation is 1. The smallest absolute Gasteiger partial charge is 0.394 e. The summed E-state index contributed by atoms with van der Waals surface area (Å²) in [6.45, 7) is 6.39. The van der Waals surface area contributed by atoms with Crippen LogP contribution in [-0.2, 0) is 39.9 Å². The number of fused-ring (bicyclic) bond motifs is 3. The summed E-state index contributed by atoms with van der Waals surface area (Å²) >= 11 is 1.58. The van der Waals surface area contributed by atoms with Gasteiger partial charge in [-0.15, -0.1) is 21.5 Å². The van der Waals surface area contributed by atoms with Crippen molar-refractivity contribution in [3.63, 3.8) is 0 Å². The van der Waals surface area contributed by atoms with Crippen molar-refractivity contribution in [1.82, 2.24) is 24.7 Å². The van der Waals surface area contributed by atoms with Gasteiger partial charge in [-0.1, -0.05) is 13.3 Å². The van der Waals surface area contributed by atoms with Gasteiger partial charge in [0.2, 0.25) is 11.8 Å². The fraction of sp³-hybridized carbons (Fsp3) is 0.680. The van der Waals surface area contributed by atoms with Crippen LogP contribution in [0.15, 0.2) is 6.07 Å². The Kier molecular flexibility index (Phi) is 6.93. The summed E-state index contributed by atoms with van der Waals surface area (Å²) in [6, 6.07) is 2.07. The van der Waals surface area contributed by atoms with Crippen molar-refractivity contribution in [2.75, 3.05) is 30.0 Å². The Labute approximate surface area is 232 Å². The summed E-state index contributed by atoms with van der Waals surface area (Å²) in [7, 11) is 0. The number of ether oxygens (including phenoxy) is 3. The van der Waals surface area contributed by atoms with Gasteiger partial charge < -0.3 is 34.1 Å². The summed E-state index contributed by atoms with van der Waals surface area (Å²) in [5, 5.41) is 20.8. The normalized spacial score (nSPS) is 25.9. The highest BCUT2D eigenvalue weighted by atomic mass is 32.1. The molecule has 1 unspecified atom stereocenters. The van der Waals surface area contributed by atoms with Crippen molar-refractivity contribution in [1.29, 1.82) is 0 Å². The van der Waals surface area contributed by atoms with Gasteiger partial charge in [0.25, 0.3) is 0 Å². The largest absolute Gasteiger partial charge is 0.451 e. The summed E-state index contributed by atoms with van der Waals surface area (Å²) in [5.41, 5.74) is -0.943. The van der Waals surface area contributed by atoms with E-state index >= 15 is 0 Å². The van der Waals surface area contributed by atoms with E-state index in [-0.39, 0.29) is 38.2 Å². The van der Waals surface area contributed by atoms with Crippen LogP contribution in [0.25, 0.3) is 10.2 Å². The predicted molar refractivity (Wildman–Crippen MR) is 140 cm³/mol. The lowest BCUT2D eigenvalue weighted by atomic mass is 10.1. The number of hydrogen-bond acceptors (Lipinski definition) is 11. The van der Waals surface area contributed by atoms with E-state index in [2.05, 4.69) is 28.5 Å². The van der Waals surface area contributed by atoms with Gasteiger partial charge in [0.05, 0.1) is 31.2 Å². The molecule has 11 nitrogen and oxygen atoms in total. The first kappa shape index (κ1) is 27.6. The van der Waals surface area contributed by atoms with Crippen LogP contribution >= 0.6 is 11.3 Å². The minimum Gasteiger partial charge on any atom is -0.394 e. The molecule has 1 saturated heterocycles. The van der Waals surface area contributed by atoms with E-state index in [1.54, 1.807) is 11.3 Å². The highest BCUT2D eigenvalue weighted by molar-refractivity contribution is 7.18. The van der Waals surface area contributed by atoms with Crippen LogP contribution < -0.4 is 10.2 Å². The van der Waals surface area contributed by atoms with Crippen molar-refractivity contribution in [3.8, 4) is 0 Å². The molecular weight excluding hydrogens is 551 g/mol. The van der Waals surface area contributed by atoms with Crippen LogP contribution in [0.1, 0.15) is 56.6 Å². The zero-order valence-corrected chi connectivity index (χ0v) is 23.3. The maximum absolute atomic E-state index is 13.4.